The van der Waals surface area contributed by atoms with Gasteiger partial charge in [-0.15, -0.1) is 0 Å². The van der Waals surface area contributed by atoms with Crippen LogP contribution >= 0.6 is 0 Å². The van der Waals surface area contributed by atoms with E-state index in [4.69, 9.17) is 0 Å². The lowest BCUT2D eigenvalue weighted by Gasteiger charge is -2.49. The van der Waals surface area contributed by atoms with E-state index in [1.807, 2.05) is 23.1 Å². The van der Waals surface area contributed by atoms with E-state index < -0.39 is 6.04 Å². The monoisotopic (exact) mass is 354 g/mol. The Morgan fingerprint density at radius 1 is 1.15 bits per heavy atom. The zero-order valence-electron chi connectivity index (χ0n) is 16.1. The van der Waals surface area contributed by atoms with Crippen molar-refractivity contribution in [3.63, 3.8) is 0 Å². The Balaban J connectivity index is 1.91. The molecular formula is C22H30N2O2. The lowest BCUT2D eigenvalue weighted by Crippen LogP contribution is -2.59. The van der Waals surface area contributed by atoms with Crippen molar-refractivity contribution in [3.05, 3.63) is 47.7 Å². The lowest BCUT2D eigenvalue weighted by molar-refractivity contribution is -0.151. The summed E-state index contributed by atoms with van der Waals surface area (Å²) in [7, 11) is 0. The molecular weight excluding hydrogens is 324 g/mol. The summed E-state index contributed by atoms with van der Waals surface area (Å²) in [5.74, 6) is -0.0802. The number of hydrogen-bond donors (Lipinski definition) is 1. The maximum atomic E-state index is 13.2. The van der Waals surface area contributed by atoms with E-state index in [0.717, 1.165) is 43.4 Å². The van der Waals surface area contributed by atoms with Gasteiger partial charge in [0.25, 0.3) is 0 Å². The van der Waals surface area contributed by atoms with Gasteiger partial charge in [0.15, 0.2) is 0 Å². The molecule has 1 saturated heterocycles. The molecule has 1 fully saturated rings. The molecule has 0 spiro atoms. The zero-order chi connectivity index (χ0) is 18.7. The first-order valence-electron chi connectivity index (χ1n) is 9.74. The topological polar surface area (TPSA) is 49.4 Å². The summed E-state index contributed by atoms with van der Waals surface area (Å²) in [5, 5.41) is 3.13. The van der Waals surface area contributed by atoms with E-state index in [0.29, 0.717) is 0 Å². The van der Waals surface area contributed by atoms with Crippen molar-refractivity contribution < 1.29 is 9.59 Å². The first-order chi connectivity index (χ1) is 12.4. The average molecular weight is 354 g/mol. The molecule has 1 aliphatic carbocycles. The van der Waals surface area contributed by atoms with Gasteiger partial charge in [-0.25, -0.2) is 0 Å². The van der Waals surface area contributed by atoms with Crippen molar-refractivity contribution in [2.75, 3.05) is 0 Å². The van der Waals surface area contributed by atoms with Crippen LogP contribution in [0.4, 0.5) is 0 Å². The van der Waals surface area contributed by atoms with Crippen molar-refractivity contribution in [2.45, 2.75) is 71.4 Å². The number of carbonyl (C=O) groups excluding carboxylic acids is 2. The van der Waals surface area contributed by atoms with Crippen molar-refractivity contribution in [3.8, 4) is 0 Å². The second-order valence-electron chi connectivity index (χ2n) is 8.25. The maximum Gasteiger partial charge on any atom is 0.247 e. The van der Waals surface area contributed by atoms with Gasteiger partial charge in [-0.3, -0.25) is 9.59 Å². The summed E-state index contributed by atoms with van der Waals surface area (Å²) in [6.07, 6.45) is 8.15. The highest BCUT2D eigenvalue weighted by Gasteiger charge is 2.47. The van der Waals surface area contributed by atoms with E-state index in [-0.39, 0.29) is 23.3 Å². The number of carbonyl (C=O) groups is 2. The molecule has 3 rings (SSSR count). The third-order valence-electron chi connectivity index (χ3n) is 5.79. The first-order valence-corrected chi connectivity index (χ1v) is 9.74. The van der Waals surface area contributed by atoms with Gasteiger partial charge in [-0.05, 0) is 49.5 Å². The van der Waals surface area contributed by atoms with Crippen LogP contribution in [0.5, 0.6) is 0 Å². The summed E-state index contributed by atoms with van der Waals surface area (Å²) in [6, 6.07) is 9.58. The van der Waals surface area contributed by atoms with Crippen molar-refractivity contribution in [2.24, 2.45) is 5.41 Å². The maximum absolute atomic E-state index is 13.2. The van der Waals surface area contributed by atoms with Crippen LogP contribution in [0.15, 0.2) is 42.1 Å². The second-order valence-corrected chi connectivity index (χ2v) is 8.25. The summed E-state index contributed by atoms with van der Waals surface area (Å²) in [5.41, 5.74) is 1.87. The van der Waals surface area contributed by atoms with E-state index in [9.17, 15) is 9.59 Å². The molecule has 1 N–H and O–H groups in total. The summed E-state index contributed by atoms with van der Waals surface area (Å²) < 4.78 is 0. The van der Waals surface area contributed by atoms with Gasteiger partial charge < -0.3 is 10.2 Å². The number of piperidine rings is 1. The van der Waals surface area contributed by atoms with Crippen molar-refractivity contribution >= 4 is 11.8 Å². The van der Waals surface area contributed by atoms with Gasteiger partial charge in [0, 0.05) is 12.6 Å². The SMILES string of the molecule is CC(=O)N1C(c2ccccc2)CCC(C)(C)C1C(=O)NC1=CCCCC1. The Kier molecular flexibility index (Phi) is 5.49. The van der Waals surface area contributed by atoms with Gasteiger partial charge in [-0.1, -0.05) is 50.3 Å². The first kappa shape index (κ1) is 18.7. The highest BCUT2D eigenvalue weighted by molar-refractivity contribution is 5.89. The van der Waals surface area contributed by atoms with Gasteiger partial charge in [0.1, 0.15) is 6.04 Å². The largest absolute Gasteiger partial charge is 0.328 e. The van der Waals surface area contributed by atoms with E-state index in [2.05, 4.69) is 37.4 Å². The van der Waals surface area contributed by atoms with Crippen LogP contribution in [0, 0.1) is 5.41 Å². The highest BCUT2D eigenvalue weighted by Crippen LogP contribution is 2.44. The number of allylic oxidation sites excluding steroid dienone is 2. The predicted molar refractivity (Wildman–Crippen MR) is 103 cm³/mol. The van der Waals surface area contributed by atoms with Gasteiger partial charge in [0.05, 0.1) is 6.04 Å². The molecule has 2 amide bonds. The minimum atomic E-state index is -0.457. The number of amides is 2. The number of hydrogen-bond acceptors (Lipinski definition) is 2. The molecule has 2 unspecified atom stereocenters. The fourth-order valence-electron chi connectivity index (χ4n) is 4.40. The molecule has 4 nitrogen and oxygen atoms in total. The quantitative estimate of drug-likeness (QED) is 0.878. The Morgan fingerprint density at radius 3 is 2.50 bits per heavy atom. The molecule has 1 aromatic rings. The van der Waals surface area contributed by atoms with Gasteiger partial charge in [-0.2, -0.15) is 0 Å². The van der Waals surface area contributed by atoms with Crippen LogP contribution in [0.25, 0.3) is 0 Å². The summed E-state index contributed by atoms with van der Waals surface area (Å²) in [6.45, 7) is 5.78. The van der Waals surface area contributed by atoms with Crippen LogP contribution in [0.1, 0.15) is 70.9 Å². The molecule has 0 bridgehead atoms. The molecule has 1 heterocycles. The van der Waals surface area contributed by atoms with E-state index in [1.54, 1.807) is 6.92 Å². The summed E-state index contributed by atoms with van der Waals surface area (Å²) >= 11 is 0. The predicted octanol–water partition coefficient (Wildman–Crippen LogP) is 4.34. The molecule has 2 atom stereocenters. The molecule has 0 radical (unpaired) electrons. The Morgan fingerprint density at radius 2 is 1.88 bits per heavy atom. The van der Waals surface area contributed by atoms with Gasteiger partial charge >= 0.3 is 0 Å². The third-order valence-corrected chi connectivity index (χ3v) is 5.79. The fraction of sp³-hybridized carbons (Fsp3) is 0.545. The number of nitrogens with zero attached hydrogens (tertiary/aromatic N) is 1. The minimum Gasteiger partial charge on any atom is -0.328 e. The Bertz CT molecular complexity index is 693. The van der Waals surface area contributed by atoms with Crippen LogP contribution in [0.2, 0.25) is 0 Å². The normalized spacial score (nSPS) is 25.3. The molecule has 26 heavy (non-hydrogen) atoms. The van der Waals surface area contributed by atoms with E-state index in [1.165, 1.54) is 6.42 Å². The van der Waals surface area contributed by atoms with Crippen LogP contribution in [-0.2, 0) is 9.59 Å². The van der Waals surface area contributed by atoms with Crippen molar-refractivity contribution in [1.82, 2.24) is 10.2 Å². The Hall–Kier alpha value is -2.10. The third kappa shape index (κ3) is 3.84. The van der Waals surface area contributed by atoms with Crippen LogP contribution in [-0.4, -0.2) is 22.8 Å². The second kappa shape index (κ2) is 7.65. The highest BCUT2D eigenvalue weighted by atomic mass is 16.2. The lowest BCUT2D eigenvalue weighted by atomic mass is 9.72. The Labute approximate surface area is 156 Å². The zero-order valence-corrected chi connectivity index (χ0v) is 16.1. The molecule has 0 aromatic heterocycles. The molecule has 140 valence electrons. The van der Waals surface area contributed by atoms with Gasteiger partial charge in [0.2, 0.25) is 11.8 Å². The van der Waals surface area contributed by atoms with Crippen LogP contribution in [0.3, 0.4) is 0 Å². The smallest absolute Gasteiger partial charge is 0.247 e. The van der Waals surface area contributed by atoms with E-state index >= 15 is 0 Å². The van der Waals surface area contributed by atoms with Crippen molar-refractivity contribution in [1.29, 1.82) is 0 Å². The molecule has 2 aliphatic rings. The number of benzene rings is 1. The number of rotatable bonds is 3. The average Bonchev–Trinajstić information content (AvgIpc) is 2.62. The van der Waals surface area contributed by atoms with Crippen LogP contribution < -0.4 is 5.32 Å². The molecule has 1 aliphatic heterocycles. The minimum absolute atomic E-state index is 0.0376. The standard InChI is InChI=1S/C22H30N2O2/c1-16(25)24-19(17-10-6-4-7-11-17)14-15-22(2,3)20(24)21(26)23-18-12-8-5-9-13-18/h4,6-7,10-12,19-20H,5,8-9,13-15H2,1-3H3,(H,23,26). The number of likely N-dealkylation sites (tertiary alicyclic amines) is 1. The molecule has 1 aromatic carbocycles. The fourth-order valence-corrected chi connectivity index (χ4v) is 4.40. The molecule has 0 saturated carbocycles. The molecule has 4 heteroatoms. The number of nitrogens with one attached hydrogen (secondary N) is 1. The summed E-state index contributed by atoms with van der Waals surface area (Å²) in [4.78, 5) is 27.7.